The molecule has 9 heteroatoms. The molecule has 8 nitrogen and oxygen atoms in total. The number of aromatic nitrogens is 5. The maximum Gasteiger partial charge on any atom is 0.237 e. The van der Waals surface area contributed by atoms with Crippen LogP contribution in [0.25, 0.3) is 11.4 Å². The Hall–Kier alpha value is -3.07. The molecule has 4 rings (SSSR count). The molecule has 3 heterocycles. The van der Waals surface area contributed by atoms with Gasteiger partial charge in [-0.1, -0.05) is 23.8 Å². The van der Waals surface area contributed by atoms with Crippen LogP contribution in [0.3, 0.4) is 0 Å². The molecule has 0 N–H and O–H groups in total. The van der Waals surface area contributed by atoms with E-state index in [0.29, 0.717) is 24.0 Å². The van der Waals surface area contributed by atoms with Crippen molar-refractivity contribution in [3.05, 3.63) is 60.1 Å². The molecule has 0 amide bonds. The van der Waals surface area contributed by atoms with Crippen molar-refractivity contribution in [2.45, 2.75) is 30.8 Å². The summed E-state index contributed by atoms with van der Waals surface area (Å²) < 4.78 is 18.0. The largest absolute Gasteiger partial charge is 0.497 e. The Morgan fingerprint density at radius 1 is 1.14 bits per heavy atom. The second-order valence-electron chi connectivity index (χ2n) is 5.95. The summed E-state index contributed by atoms with van der Waals surface area (Å²) in [4.78, 5) is 4.34. The minimum absolute atomic E-state index is 0.520. The zero-order chi connectivity index (χ0) is 19.3. The van der Waals surface area contributed by atoms with Crippen LogP contribution in [0.5, 0.6) is 5.75 Å². The molecule has 0 saturated carbocycles. The van der Waals surface area contributed by atoms with E-state index in [1.165, 1.54) is 11.8 Å². The molecular weight excluding hydrogens is 378 g/mol. The number of ether oxygens (including phenoxy) is 1. The van der Waals surface area contributed by atoms with Gasteiger partial charge >= 0.3 is 0 Å². The quantitative estimate of drug-likeness (QED) is 0.414. The molecular formula is C19H19N5O3S. The third kappa shape index (κ3) is 3.94. The Balaban J connectivity index is 1.62. The highest BCUT2D eigenvalue weighted by molar-refractivity contribution is 7.98. The van der Waals surface area contributed by atoms with E-state index < -0.39 is 0 Å². The van der Waals surface area contributed by atoms with Gasteiger partial charge in [-0.3, -0.25) is 4.57 Å². The highest BCUT2D eigenvalue weighted by Crippen LogP contribution is 2.28. The molecule has 0 aliphatic rings. The van der Waals surface area contributed by atoms with E-state index >= 15 is 0 Å². The Bertz CT molecular complexity index is 1020. The van der Waals surface area contributed by atoms with Gasteiger partial charge in [0.1, 0.15) is 11.5 Å². The van der Waals surface area contributed by atoms with Crippen molar-refractivity contribution in [2.24, 2.45) is 0 Å². The summed E-state index contributed by atoms with van der Waals surface area (Å²) in [5.41, 5.74) is 0.942. The summed E-state index contributed by atoms with van der Waals surface area (Å²) in [7, 11) is 1.64. The van der Waals surface area contributed by atoms with Crippen LogP contribution in [-0.4, -0.2) is 32.0 Å². The lowest BCUT2D eigenvalue weighted by Crippen LogP contribution is -2.03. The van der Waals surface area contributed by atoms with E-state index in [1.807, 2.05) is 47.9 Å². The Morgan fingerprint density at radius 2 is 2.00 bits per heavy atom. The first kappa shape index (κ1) is 18.3. The van der Waals surface area contributed by atoms with Gasteiger partial charge in [0, 0.05) is 12.0 Å². The van der Waals surface area contributed by atoms with Gasteiger partial charge in [0.05, 0.1) is 25.7 Å². The van der Waals surface area contributed by atoms with Crippen LogP contribution in [0.2, 0.25) is 0 Å². The van der Waals surface area contributed by atoms with Crippen molar-refractivity contribution in [3.63, 3.8) is 0 Å². The van der Waals surface area contributed by atoms with Gasteiger partial charge in [0.15, 0.2) is 16.8 Å². The Labute approximate surface area is 165 Å². The summed E-state index contributed by atoms with van der Waals surface area (Å²) >= 11 is 1.50. The third-order valence-corrected chi connectivity index (χ3v) is 5.06. The summed E-state index contributed by atoms with van der Waals surface area (Å²) in [6.45, 7) is 2.51. The summed E-state index contributed by atoms with van der Waals surface area (Å²) in [6, 6.07) is 11.5. The lowest BCUT2D eigenvalue weighted by molar-refractivity contribution is 0.385. The van der Waals surface area contributed by atoms with Gasteiger partial charge in [-0.2, -0.15) is 4.98 Å². The number of methoxy groups -OCH3 is 1. The van der Waals surface area contributed by atoms with Crippen molar-refractivity contribution in [2.75, 3.05) is 7.11 Å². The maximum atomic E-state index is 5.52. The molecule has 0 radical (unpaired) electrons. The SMILES string of the molecule is CCc1noc(CSc2nnc(-c3ccc(OC)cc3)n2Cc2ccco2)n1. The number of aryl methyl sites for hydroxylation is 1. The Morgan fingerprint density at radius 3 is 2.68 bits per heavy atom. The number of hydrogen-bond donors (Lipinski definition) is 0. The summed E-state index contributed by atoms with van der Waals surface area (Å²) in [5.74, 6) is 4.15. The molecule has 0 unspecified atom stereocenters. The van der Waals surface area contributed by atoms with Crippen molar-refractivity contribution in [1.82, 2.24) is 24.9 Å². The molecule has 0 bridgehead atoms. The number of benzene rings is 1. The van der Waals surface area contributed by atoms with Crippen LogP contribution in [0, 0.1) is 0 Å². The van der Waals surface area contributed by atoms with Gasteiger partial charge in [-0.15, -0.1) is 10.2 Å². The van der Waals surface area contributed by atoms with Gasteiger partial charge in [-0.05, 0) is 36.4 Å². The van der Waals surface area contributed by atoms with Crippen LogP contribution in [-0.2, 0) is 18.7 Å². The third-order valence-electron chi connectivity index (χ3n) is 4.11. The lowest BCUT2D eigenvalue weighted by atomic mass is 10.2. The lowest BCUT2D eigenvalue weighted by Gasteiger charge is -2.09. The number of thioether (sulfide) groups is 1. The Kier molecular flexibility index (Phi) is 5.43. The highest BCUT2D eigenvalue weighted by atomic mass is 32.2. The molecule has 0 aliphatic heterocycles. The van der Waals surface area contributed by atoms with E-state index in [1.54, 1.807) is 13.4 Å². The highest BCUT2D eigenvalue weighted by Gasteiger charge is 2.17. The average Bonchev–Trinajstić information content (AvgIpc) is 3.48. The molecule has 0 atom stereocenters. The van der Waals surface area contributed by atoms with Crippen molar-refractivity contribution in [3.8, 4) is 17.1 Å². The fourth-order valence-corrected chi connectivity index (χ4v) is 3.44. The van der Waals surface area contributed by atoms with Crippen LogP contribution >= 0.6 is 11.8 Å². The fraction of sp³-hybridized carbons (Fsp3) is 0.263. The first-order chi connectivity index (χ1) is 13.8. The maximum absolute atomic E-state index is 5.52. The van der Waals surface area contributed by atoms with E-state index in [0.717, 1.165) is 34.5 Å². The predicted octanol–water partition coefficient (Wildman–Crippen LogP) is 3.83. The van der Waals surface area contributed by atoms with Gasteiger partial charge in [0.2, 0.25) is 5.89 Å². The molecule has 0 saturated heterocycles. The molecule has 4 aromatic rings. The van der Waals surface area contributed by atoms with Gasteiger partial charge < -0.3 is 13.7 Å². The second-order valence-corrected chi connectivity index (χ2v) is 6.89. The smallest absolute Gasteiger partial charge is 0.237 e. The molecule has 144 valence electrons. The fourth-order valence-electron chi connectivity index (χ4n) is 2.67. The van der Waals surface area contributed by atoms with Crippen LogP contribution in [0.15, 0.2) is 56.8 Å². The predicted molar refractivity (Wildman–Crippen MR) is 103 cm³/mol. The summed E-state index contributed by atoms with van der Waals surface area (Å²) in [5, 5.41) is 13.4. The second kappa shape index (κ2) is 8.30. The van der Waals surface area contributed by atoms with E-state index in [2.05, 4.69) is 20.3 Å². The van der Waals surface area contributed by atoms with Crippen molar-refractivity contribution < 1.29 is 13.7 Å². The number of nitrogens with zero attached hydrogens (tertiary/aromatic N) is 5. The molecule has 1 aromatic carbocycles. The summed E-state index contributed by atoms with van der Waals surface area (Å²) in [6.07, 6.45) is 2.40. The number of hydrogen-bond acceptors (Lipinski definition) is 8. The van der Waals surface area contributed by atoms with E-state index in [-0.39, 0.29) is 0 Å². The number of rotatable bonds is 8. The molecule has 0 fully saturated rings. The molecule has 0 aliphatic carbocycles. The van der Waals surface area contributed by atoms with E-state index in [9.17, 15) is 0 Å². The van der Waals surface area contributed by atoms with E-state index in [4.69, 9.17) is 13.7 Å². The van der Waals surface area contributed by atoms with Crippen LogP contribution < -0.4 is 4.74 Å². The van der Waals surface area contributed by atoms with Crippen molar-refractivity contribution in [1.29, 1.82) is 0 Å². The average molecular weight is 397 g/mol. The standard InChI is InChI=1S/C19H19N5O3S/c1-3-16-20-17(27-23-16)12-28-19-22-21-18(13-6-8-14(25-2)9-7-13)24(19)11-15-5-4-10-26-15/h4-10H,3,11-12H2,1-2H3. The number of furan rings is 1. The molecule has 28 heavy (non-hydrogen) atoms. The minimum atomic E-state index is 0.520. The van der Waals surface area contributed by atoms with Gasteiger partial charge in [0.25, 0.3) is 0 Å². The monoisotopic (exact) mass is 397 g/mol. The topological polar surface area (TPSA) is 92.0 Å². The van der Waals surface area contributed by atoms with Crippen LogP contribution in [0.1, 0.15) is 24.4 Å². The first-order valence-corrected chi connectivity index (χ1v) is 9.79. The minimum Gasteiger partial charge on any atom is -0.497 e. The molecule has 0 spiro atoms. The van der Waals surface area contributed by atoms with Crippen molar-refractivity contribution >= 4 is 11.8 Å². The zero-order valence-electron chi connectivity index (χ0n) is 15.5. The van der Waals surface area contributed by atoms with Crippen LogP contribution in [0.4, 0.5) is 0 Å². The normalized spacial score (nSPS) is 11.1. The molecule has 3 aromatic heterocycles. The zero-order valence-corrected chi connectivity index (χ0v) is 16.3. The van der Waals surface area contributed by atoms with Gasteiger partial charge in [-0.25, -0.2) is 0 Å². The first-order valence-electron chi connectivity index (χ1n) is 8.81.